The molecule has 1 saturated carbocycles. The highest BCUT2D eigenvalue weighted by molar-refractivity contribution is 5.76. The zero-order chi connectivity index (χ0) is 21.8. The third-order valence-electron chi connectivity index (χ3n) is 6.19. The first-order valence-corrected chi connectivity index (χ1v) is 11.5. The van der Waals surface area contributed by atoms with Gasteiger partial charge in [-0.15, -0.1) is 0 Å². The molecule has 1 amide bonds. The molecule has 0 radical (unpaired) electrons. The van der Waals surface area contributed by atoms with E-state index in [0.29, 0.717) is 25.4 Å². The highest BCUT2D eigenvalue weighted by Crippen LogP contribution is 2.34. The van der Waals surface area contributed by atoms with Gasteiger partial charge in [0.1, 0.15) is 11.9 Å². The molecule has 31 heavy (non-hydrogen) atoms. The van der Waals surface area contributed by atoms with Crippen molar-refractivity contribution >= 4 is 5.91 Å². The van der Waals surface area contributed by atoms with Gasteiger partial charge in [-0.2, -0.15) is 0 Å². The van der Waals surface area contributed by atoms with E-state index in [0.717, 1.165) is 47.6 Å². The molecule has 2 atom stereocenters. The maximum absolute atomic E-state index is 14.9. The van der Waals surface area contributed by atoms with Crippen molar-refractivity contribution in [3.8, 4) is 5.75 Å². The van der Waals surface area contributed by atoms with E-state index < -0.39 is 6.17 Å². The normalized spacial score (nSPS) is 19.5. The van der Waals surface area contributed by atoms with Gasteiger partial charge in [-0.1, -0.05) is 37.3 Å². The fourth-order valence-electron chi connectivity index (χ4n) is 4.14. The molecule has 2 aliphatic rings. The number of amides is 1. The number of carbonyl (C=O) groups excluding carboxylic acids is 1. The largest absolute Gasteiger partial charge is 0.493 e. The van der Waals surface area contributed by atoms with Crippen molar-refractivity contribution in [1.82, 2.24) is 10.2 Å². The summed E-state index contributed by atoms with van der Waals surface area (Å²) in [6.07, 6.45) is 2.90. The van der Waals surface area contributed by atoms with E-state index in [4.69, 9.17) is 4.74 Å². The fourth-order valence-corrected chi connectivity index (χ4v) is 4.14. The summed E-state index contributed by atoms with van der Waals surface area (Å²) in [6, 6.07) is 14.1. The van der Waals surface area contributed by atoms with Crippen LogP contribution in [0.2, 0.25) is 0 Å². The Morgan fingerprint density at radius 2 is 2.00 bits per heavy atom. The molecule has 2 aromatic rings. The van der Waals surface area contributed by atoms with Gasteiger partial charge in [0, 0.05) is 26.1 Å². The second kappa shape index (κ2) is 9.82. The van der Waals surface area contributed by atoms with Gasteiger partial charge < -0.3 is 10.1 Å². The Balaban J connectivity index is 1.34. The number of halogens is 1. The van der Waals surface area contributed by atoms with E-state index in [1.807, 2.05) is 32.0 Å². The van der Waals surface area contributed by atoms with E-state index in [2.05, 4.69) is 34.5 Å². The first-order valence-electron chi connectivity index (χ1n) is 11.5. The number of benzene rings is 2. The monoisotopic (exact) mass is 424 g/mol. The third-order valence-corrected chi connectivity index (χ3v) is 6.19. The zero-order valence-electron chi connectivity index (χ0n) is 18.6. The number of ether oxygens (including phenoxy) is 1. The Bertz CT molecular complexity index is 895. The summed E-state index contributed by atoms with van der Waals surface area (Å²) in [5.74, 6) is 1.56. The van der Waals surface area contributed by atoms with Gasteiger partial charge in [-0.05, 0) is 66.5 Å². The highest BCUT2D eigenvalue weighted by atomic mass is 19.1. The van der Waals surface area contributed by atoms with Crippen LogP contribution in [-0.4, -0.2) is 24.0 Å². The molecule has 0 bridgehead atoms. The summed E-state index contributed by atoms with van der Waals surface area (Å²) in [5, 5.41) is 3.03. The summed E-state index contributed by atoms with van der Waals surface area (Å²) in [4.78, 5) is 14.0. The van der Waals surface area contributed by atoms with E-state index >= 15 is 0 Å². The van der Waals surface area contributed by atoms with Crippen LogP contribution in [0.25, 0.3) is 0 Å². The van der Waals surface area contributed by atoms with Gasteiger partial charge >= 0.3 is 0 Å². The summed E-state index contributed by atoms with van der Waals surface area (Å²) in [6.45, 7) is 6.59. The third kappa shape index (κ3) is 5.85. The van der Waals surface area contributed by atoms with Crippen LogP contribution in [0.4, 0.5) is 4.39 Å². The molecule has 1 aliphatic heterocycles. The fraction of sp³-hybridized carbons (Fsp3) is 0.500. The van der Waals surface area contributed by atoms with Crippen LogP contribution in [0.1, 0.15) is 74.0 Å². The minimum atomic E-state index is -0.999. The molecule has 0 spiro atoms. The Morgan fingerprint density at radius 1 is 1.23 bits per heavy atom. The predicted molar refractivity (Wildman–Crippen MR) is 121 cm³/mol. The number of rotatable bonds is 9. The Hall–Kier alpha value is -2.40. The molecule has 0 aromatic heterocycles. The van der Waals surface area contributed by atoms with Gasteiger partial charge in [-0.25, -0.2) is 4.39 Å². The van der Waals surface area contributed by atoms with Crippen molar-refractivity contribution in [3.63, 3.8) is 0 Å². The molecule has 4 rings (SSSR count). The van der Waals surface area contributed by atoms with E-state index in [-0.39, 0.29) is 11.9 Å². The van der Waals surface area contributed by atoms with Crippen molar-refractivity contribution in [3.05, 3.63) is 64.7 Å². The number of nitrogens with zero attached hydrogens (tertiary/aromatic N) is 1. The summed E-state index contributed by atoms with van der Waals surface area (Å²) in [7, 11) is 0. The number of nitrogens with one attached hydrogen (secondary N) is 1. The molecule has 1 unspecified atom stereocenters. The molecule has 1 aliphatic carbocycles. The second-order valence-corrected chi connectivity index (χ2v) is 9.03. The Morgan fingerprint density at radius 3 is 2.71 bits per heavy atom. The number of alkyl halides is 1. The van der Waals surface area contributed by atoms with Crippen molar-refractivity contribution in [2.24, 2.45) is 5.92 Å². The maximum atomic E-state index is 14.9. The maximum Gasteiger partial charge on any atom is 0.220 e. The number of carbonyl (C=O) groups is 1. The van der Waals surface area contributed by atoms with Gasteiger partial charge in [0.15, 0.2) is 0 Å². The molecule has 1 fully saturated rings. The Kier molecular flexibility index (Phi) is 6.91. The molecule has 0 saturated heterocycles. The van der Waals surface area contributed by atoms with Gasteiger partial charge in [-0.3, -0.25) is 9.69 Å². The molecule has 166 valence electrons. The lowest BCUT2D eigenvalue weighted by Crippen LogP contribution is -2.31. The molecular formula is C26H33FN2O2. The van der Waals surface area contributed by atoms with E-state index in [1.54, 1.807) is 0 Å². The van der Waals surface area contributed by atoms with Crippen LogP contribution in [0, 0.1) is 5.92 Å². The van der Waals surface area contributed by atoms with Crippen LogP contribution in [0.3, 0.4) is 0 Å². The van der Waals surface area contributed by atoms with Crippen LogP contribution in [0.15, 0.2) is 42.5 Å². The number of hydrogen-bond donors (Lipinski definition) is 1. The first-order chi connectivity index (χ1) is 15.0. The first kappa shape index (κ1) is 21.8. The molecule has 1 N–H and O–H groups in total. The minimum absolute atomic E-state index is 0.0125. The summed E-state index contributed by atoms with van der Waals surface area (Å²) >= 11 is 0. The SMILES string of the molecule is CCCC(=O)N[C@@H](C)c1ccc(CN2Cc3ccc(OCC4CC4)cc3C(F)C2)cc1. The molecule has 5 heteroatoms. The topological polar surface area (TPSA) is 41.6 Å². The van der Waals surface area contributed by atoms with Crippen LogP contribution in [-0.2, 0) is 17.9 Å². The van der Waals surface area contributed by atoms with Gasteiger partial charge in [0.05, 0.1) is 12.6 Å². The molecule has 4 nitrogen and oxygen atoms in total. The summed E-state index contributed by atoms with van der Waals surface area (Å²) in [5.41, 5.74) is 4.05. The van der Waals surface area contributed by atoms with Crippen LogP contribution >= 0.6 is 0 Å². The lowest BCUT2D eigenvalue weighted by atomic mass is 9.97. The van der Waals surface area contributed by atoms with Gasteiger partial charge in [0.25, 0.3) is 0 Å². The van der Waals surface area contributed by atoms with Crippen molar-refractivity contribution in [2.75, 3.05) is 13.2 Å². The highest BCUT2D eigenvalue weighted by Gasteiger charge is 2.26. The molecule has 1 heterocycles. The van der Waals surface area contributed by atoms with Crippen molar-refractivity contribution < 1.29 is 13.9 Å². The van der Waals surface area contributed by atoms with Crippen LogP contribution < -0.4 is 10.1 Å². The summed E-state index contributed by atoms with van der Waals surface area (Å²) < 4.78 is 20.8. The number of fused-ring (bicyclic) bond motifs is 1. The zero-order valence-corrected chi connectivity index (χ0v) is 18.6. The van der Waals surface area contributed by atoms with E-state index in [1.165, 1.54) is 12.8 Å². The van der Waals surface area contributed by atoms with Crippen LogP contribution in [0.5, 0.6) is 5.75 Å². The molecular weight excluding hydrogens is 391 g/mol. The van der Waals surface area contributed by atoms with Crippen molar-refractivity contribution in [1.29, 1.82) is 0 Å². The lowest BCUT2D eigenvalue weighted by Gasteiger charge is -2.31. The Labute approximate surface area is 184 Å². The number of hydrogen-bond acceptors (Lipinski definition) is 3. The van der Waals surface area contributed by atoms with E-state index in [9.17, 15) is 9.18 Å². The van der Waals surface area contributed by atoms with Gasteiger partial charge in [0.2, 0.25) is 5.91 Å². The minimum Gasteiger partial charge on any atom is -0.493 e. The average molecular weight is 425 g/mol. The smallest absolute Gasteiger partial charge is 0.220 e. The quantitative estimate of drug-likeness (QED) is 0.580. The van der Waals surface area contributed by atoms with Crippen molar-refractivity contribution in [2.45, 2.75) is 64.8 Å². The molecule has 2 aromatic carbocycles. The standard InChI is InChI=1S/C26H33FN2O2/c1-3-4-26(30)28-18(2)21-9-7-19(8-10-21)14-29-15-22-11-12-23(31-17-20-5-6-20)13-24(22)25(27)16-29/h7-13,18,20,25H,3-6,14-17H2,1-2H3,(H,28,30)/t18-,25?/m0/s1. The predicted octanol–water partition coefficient (Wildman–Crippen LogP) is 5.48. The lowest BCUT2D eigenvalue weighted by molar-refractivity contribution is -0.121. The second-order valence-electron chi connectivity index (χ2n) is 9.03. The average Bonchev–Trinajstić information content (AvgIpc) is 3.58.